The number of thioether (sulfide) groups is 1. The van der Waals surface area contributed by atoms with E-state index >= 15 is 0 Å². The van der Waals surface area contributed by atoms with Crippen LogP contribution in [0.4, 0.5) is 0 Å². The molecule has 2 unspecified atom stereocenters. The highest BCUT2D eigenvalue weighted by atomic mass is 32.2. The molecule has 27 heavy (non-hydrogen) atoms. The highest BCUT2D eigenvalue weighted by Gasteiger charge is 2.44. The van der Waals surface area contributed by atoms with E-state index in [0.29, 0.717) is 22.0 Å². The van der Waals surface area contributed by atoms with Crippen molar-refractivity contribution in [1.82, 2.24) is 0 Å². The van der Waals surface area contributed by atoms with Crippen molar-refractivity contribution in [2.75, 3.05) is 19.5 Å². The van der Waals surface area contributed by atoms with Gasteiger partial charge in [0, 0.05) is 29.0 Å². The van der Waals surface area contributed by atoms with E-state index in [4.69, 9.17) is 9.47 Å². The molecule has 1 aromatic heterocycles. The number of ether oxygens (including phenoxy) is 2. The van der Waals surface area contributed by atoms with E-state index in [1.807, 2.05) is 0 Å². The lowest BCUT2D eigenvalue weighted by Crippen LogP contribution is -2.39. The summed E-state index contributed by atoms with van der Waals surface area (Å²) in [5.74, 6) is -2.53. The number of rotatable bonds is 6. The largest absolute Gasteiger partial charge is 0.618 e. The van der Waals surface area contributed by atoms with Crippen LogP contribution in [0.1, 0.15) is 39.2 Å². The van der Waals surface area contributed by atoms with Crippen LogP contribution >= 0.6 is 11.8 Å². The number of aliphatic imine (C=N–C) groups is 1. The Hall–Kier alpha value is -2.35. The zero-order valence-corrected chi connectivity index (χ0v) is 17.0. The van der Waals surface area contributed by atoms with E-state index < -0.39 is 23.8 Å². The Morgan fingerprint density at radius 3 is 2.52 bits per heavy atom. The third kappa shape index (κ3) is 4.16. The van der Waals surface area contributed by atoms with Gasteiger partial charge in [-0.1, -0.05) is 11.8 Å². The van der Waals surface area contributed by atoms with Crippen LogP contribution in [0.15, 0.2) is 39.6 Å². The molecule has 0 aliphatic carbocycles. The minimum absolute atomic E-state index is 0.195. The third-order valence-corrected chi connectivity index (χ3v) is 5.14. The maximum atomic E-state index is 12.7. The van der Waals surface area contributed by atoms with Gasteiger partial charge in [-0.05, 0) is 40.0 Å². The monoisotopic (exact) mass is 392 g/mol. The lowest BCUT2D eigenvalue weighted by atomic mass is 9.76. The number of carbonyl (C=O) groups is 2. The van der Waals surface area contributed by atoms with Gasteiger partial charge in [0.15, 0.2) is 6.20 Å². The summed E-state index contributed by atoms with van der Waals surface area (Å²) in [5.41, 5.74) is 1.87. The van der Waals surface area contributed by atoms with Gasteiger partial charge in [0.05, 0.1) is 18.8 Å². The predicted octanol–water partition coefficient (Wildman–Crippen LogP) is 2.62. The Balaban J connectivity index is 2.73. The van der Waals surface area contributed by atoms with E-state index in [9.17, 15) is 14.8 Å². The molecule has 0 spiro atoms. The van der Waals surface area contributed by atoms with Crippen LogP contribution in [0.5, 0.6) is 0 Å². The van der Waals surface area contributed by atoms with Crippen molar-refractivity contribution in [3.05, 3.63) is 40.4 Å². The number of hydrogen-bond acceptors (Lipinski definition) is 7. The molecule has 0 saturated heterocycles. The van der Waals surface area contributed by atoms with Gasteiger partial charge in [-0.25, -0.2) is 4.79 Å². The van der Waals surface area contributed by atoms with Gasteiger partial charge in [0.25, 0.3) is 5.03 Å². The highest BCUT2D eigenvalue weighted by Crippen LogP contribution is 2.42. The third-order valence-electron chi connectivity index (χ3n) is 4.34. The van der Waals surface area contributed by atoms with Crippen molar-refractivity contribution >= 4 is 29.4 Å². The second-order valence-corrected chi connectivity index (χ2v) is 6.77. The molecule has 0 amide bonds. The standard InChI is InChI=1S/C19H24N2O5S/c1-6-25-18(22)14-11(3)20-12(4)15(19(23)26-7-2)16(14)13-9-8-10-21(24)17(13)27-5/h8-10,14,16H,6-7H2,1-5H3. The summed E-state index contributed by atoms with van der Waals surface area (Å²) in [6, 6.07) is 3.35. The van der Waals surface area contributed by atoms with Crippen molar-refractivity contribution in [2.45, 2.75) is 38.6 Å². The van der Waals surface area contributed by atoms with Gasteiger partial charge >= 0.3 is 11.9 Å². The minimum Gasteiger partial charge on any atom is -0.618 e. The molecule has 2 atom stereocenters. The first-order valence-corrected chi connectivity index (χ1v) is 9.95. The lowest BCUT2D eigenvalue weighted by molar-refractivity contribution is -0.646. The van der Waals surface area contributed by atoms with Gasteiger partial charge in [0.1, 0.15) is 5.92 Å². The molecular weight excluding hydrogens is 368 g/mol. The van der Waals surface area contributed by atoms with Crippen LogP contribution in [-0.4, -0.2) is 37.1 Å². The van der Waals surface area contributed by atoms with Crippen LogP contribution < -0.4 is 4.73 Å². The topological polar surface area (TPSA) is 91.9 Å². The SMILES string of the molecule is CCOC(=O)C1=C(C)N=C(C)C(C(=O)OCC)C1c1ccc[n+]([O-])c1SC. The fourth-order valence-electron chi connectivity index (χ4n) is 3.32. The molecule has 0 saturated carbocycles. The number of carbonyl (C=O) groups excluding carboxylic acids is 2. The maximum Gasteiger partial charge on any atom is 0.336 e. The van der Waals surface area contributed by atoms with Gasteiger partial charge in [0.2, 0.25) is 0 Å². The molecule has 1 aliphatic rings. The summed E-state index contributed by atoms with van der Waals surface area (Å²) in [6.07, 6.45) is 3.16. The zero-order chi connectivity index (χ0) is 20.1. The maximum absolute atomic E-state index is 12.7. The van der Waals surface area contributed by atoms with Gasteiger partial charge < -0.3 is 14.7 Å². The normalized spacial score (nSPS) is 19.5. The Kier molecular flexibility index (Phi) is 7.01. The van der Waals surface area contributed by atoms with E-state index in [1.165, 1.54) is 18.0 Å². The summed E-state index contributed by atoms with van der Waals surface area (Å²) in [6.45, 7) is 7.27. The molecule has 1 aromatic rings. The average molecular weight is 392 g/mol. The fourth-order valence-corrected chi connectivity index (χ4v) is 3.99. The first-order chi connectivity index (χ1) is 12.9. The van der Waals surface area contributed by atoms with Crippen molar-refractivity contribution in [1.29, 1.82) is 0 Å². The number of esters is 2. The fraction of sp³-hybridized carbons (Fsp3) is 0.474. The van der Waals surface area contributed by atoms with Crippen LogP contribution in [0.3, 0.4) is 0 Å². The second-order valence-electron chi connectivity index (χ2n) is 5.98. The molecule has 146 valence electrons. The quantitative estimate of drug-likeness (QED) is 0.320. The molecule has 2 heterocycles. The molecular formula is C19H24N2O5S. The summed E-state index contributed by atoms with van der Waals surface area (Å²) < 4.78 is 11.2. The van der Waals surface area contributed by atoms with Crippen molar-refractivity contribution in [3.63, 3.8) is 0 Å². The van der Waals surface area contributed by atoms with Crippen LogP contribution in [0, 0.1) is 11.1 Å². The number of pyridine rings is 1. The van der Waals surface area contributed by atoms with E-state index in [-0.39, 0.29) is 18.8 Å². The summed E-state index contributed by atoms with van der Waals surface area (Å²) in [5, 5.41) is 12.7. The molecule has 0 fully saturated rings. The highest BCUT2D eigenvalue weighted by molar-refractivity contribution is 7.98. The molecule has 7 nitrogen and oxygen atoms in total. The Morgan fingerprint density at radius 2 is 1.93 bits per heavy atom. The number of aromatic nitrogens is 1. The molecule has 0 N–H and O–H groups in total. The zero-order valence-electron chi connectivity index (χ0n) is 16.1. The van der Waals surface area contributed by atoms with Gasteiger partial charge in [-0.2, -0.15) is 4.73 Å². The second kappa shape index (κ2) is 9.03. The van der Waals surface area contributed by atoms with Crippen molar-refractivity contribution < 1.29 is 23.8 Å². The van der Waals surface area contributed by atoms with Gasteiger partial charge in [-0.3, -0.25) is 9.79 Å². The number of hydrogen-bond donors (Lipinski definition) is 0. The summed E-state index contributed by atoms with van der Waals surface area (Å²) >= 11 is 1.26. The van der Waals surface area contributed by atoms with Crippen LogP contribution in [-0.2, 0) is 19.1 Å². The number of allylic oxidation sites excluding steroid dienone is 1. The average Bonchev–Trinajstić information content (AvgIpc) is 2.61. The Labute approximate surface area is 163 Å². The molecule has 8 heteroatoms. The molecule has 0 radical (unpaired) electrons. The smallest absolute Gasteiger partial charge is 0.336 e. The van der Waals surface area contributed by atoms with Crippen molar-refractivity contribution in [2.24, 2.45) is 10.9 Å². The Bertz CT molecular complexity index is 803. The molecule has 0 bridgehead atoms. The van der Waals surface area contributed by atoms with Gasteiger partial charge in [-0.15, -0.1) is 0 Å². The van der Waals surface area contributed by atoms with E-state index in [0.717, 1.165) is 4.73 Å². The van der Waals surface area contributed by atoms with Crippen LogP contribution in [0.2, 0.25) is 0 Å². The summed E-state index contributed by atoms with van der Waals surface area (Å²) in [4.78, 5) is 29.9. The van der Waals surface area contributed by atoms with E-state index in [1.54, 1.807) is 46.1 Å². The van der Waals surface area contributed by atoms with Crippen molar-refractivity contribution in [3.8, 4) is 0 Å². The number of nitrogens with zero attached hydrogens (tertiary/aromatic N) is 2. The Morgan fingerprint density at radius 1 is 1.26 bits per heavy atom. The minimum atomic E-state index is -0.804. The lowest BCUT2D eigenvalue weighted by Gasteiger charge is -2.31. The molecule has 2 rings (SSSR count). The molecule has 1 aliphatic heterocycles. The van der Waals surface area contributed by atoms with Crippen LogP contribution in [0.25, 0.3) is 0 Å². The molecule has 0 aromatic carbocycles. The first-order valence-electron chi connectivity index (χ1n) is 8.73. The summed E-state index contributed by atoms with van der Waals surface area (Å²) in [7, 11) is 0. The predicted molar refractivity (Wildman–Crippen MR) is 102 cm³/mol. The van der Waals surface area contributed by atoms with E-state index in [2.05, 4.69) is 4.99 Å². The first kappa shape index (κ1) is 21.0.